The summed E-state index contributed by atoms with van der Waals surface area (Å²) in [5.74, 6) is 0.596. The Balaban J connectivity index is 1.61. The van der Waals surface area contributed by atoms with Crippen LogP contribution < -0.4 is 10.1 Å². The third-order valence-electron chi connectivity index (χ3n) is 5.55. The Labute approximate surface area is 181 Å². The number of aromatic nitrogens is 3. The minimum Gasteiger partial charge on any atom is -0.492 e. The number of benzene rings is 1. The molecule has 1 fully saturated rings. The van der Waals surface area contributed by atoms with Gasteiger partial charge in [0.05, 0.1) is 5.69 Å². The van der Waals surface area contributed by atoms with Gasteiger partial charge in [-0.05, 0) is 64.9 Å². The second-order valence-corrected chi connectivity index (χ2v) is 7.75. The van der Waals surface area contributed by atoms with E-state index >= 15 is 0 Å². The minimum atomic E-state index is -0.346. The maximum Gasteiger partial charge on any atom is 0.293 e. The Morgan fingerprint density at radius 1 is 1.10 bits per heavy atom. The number of rotatable bonds is 7. The lowest BCUT2D eigenvalue weighted by Crippen LogP contribution is -2.25. The van der Waals surface area contributed by atoms with Crippen molar-refractivity contribution in [3.8, 4) is 16.9 Å². The molecule has 8 nitrogen and oxygen atoms in total. The van der Waals surface area contributed by atoms with Gasteiger partial charge in [0.1, 0.15) is 18.7 Å². The molecule has 162 valence electrons. The number of ether oxygens (including phenoxy) is 1. The van der Waals surface area contributed by atoms with Crippen LogP contribution in [0.5, 0.6) is 5.75 Å². The molecule has 1 saturated heterocycles. The zero-order valence-electron chi connectivity index (χ0n) is 18.1. The van der Waals surface area contributed by atoms with Gasteiger partial charge in [0.25, 0.3) is 5.91 Å². The van der Waals surface area contributed by atoms with E-state index in [4.69, 9.17) is 9.15 Å². The fourth-order valence-corrected chi connectivity index (χ4v) is 3.91. The summed E-state index contributed by atoms with van der Waals surface area (Å²) >= 11 is 0. The van der Waals surface area contributed by atoms with Gasteiger partial charge < -0.3 is 14.5 Å². The maximum absolute atomic E-state index is 12.6. The lowest BCUT2D eigenvalue weighted by Gasteiger charge is -2.18. The Morgan fingerprint density at radius 3 is 2.52 bits per heavy atom. The van der Waals surface area contributed by atoms with E-state index in [1.165, 1.54) is 19.2 Å². The van der Waals surface area contributed by atoms with E-state index < -0.39 is 0 Å². The SMILES string of the molecule is Cc1ncoc1C(=O)Nc1ccc(OCCN2CCCC2)c(-c2c(C)ncnc2C)c1. The molecule has 0 radical (unpaired) electrons. The molecule has 0 bridgehead atoms. The lowest BCUT2D eigenvalue weighted by molar-refractivity contribution is 0.0996. The van der Waals surface area contributed by atoms with Crippen LogP contribution in [-0.4, -0.2) is 52.0 Å². The first-order valence-electron chi connectivity index (χ1n) is 10.5. The van der Waals surface area contributed by atoms with Crippen LogP contribution in [-0.2, 0) is 0 Å². The van der Waals surface area contributed by atoms with Crippen LogP contribution in [0.4, 0.5) is 5.69 Å². The first-order valence-corrected chi connectivity index (χ1v) is 10.5. The van der Waals surface area contributed by atoms with E-state index in [9.17, 15) is 4.79 Å². The number of likely N-dealkylation sites (tertiary alicyclic amines) is 1. The summed E-state index contributed by atoms with van der Waals surface area (Å²) in [5, 5.41) is 2.89. The van der Waals surface area contributed by atoms with Crippen molar-refractivity contribution in [1.82, 2.24) is 19.9 Å². The number of carbonyl (C=O) groups is 1. The average molecular weight is 422 g/mol. The minimum absolute atomic E-state index is 0.197. The Hall–Kier alpha value is -3.26. The number of aryl methyl sites for hydroxylation is 3. The number of hydrogen-bond acceptors (Lipinski definition) is 7. The Morgan fingerprint density at radius 2 is 1.84 bits per heavy atom. The molecule has 1 N–H and O–H groups in total. The summed E-state index contributed by atoms with van der Waals surface area (Å²) < 4.78 is 11.4. The largest absolute Gasteiger partial charge is 0.492 e. The van der Waals surface area contributed by atoms with Gasteiger partial charge in [-0.2, -0.15) is 0 Å². The van der Waals surface area contributed by atoms with Crippen LogP contribution in [0, 0.1) is 20.8 Å². The molecule has 0 saturated carbocycles. The van der Waals surface area contributed by atoms with Crippen molar-refractivity contribution in [2.75, 3.05) is 31.6 Å². The molecule has 1 amide bonds. The van der Waals surface area contributed by atoms with Crippen LogP contribution in [0.2, 0.25) is 0 Å². The zero-order chi connectivity index (χ0) is 21.8. The van der Waals surface area contributed by atoms with Crippen LogP contribution in [0.25, 0.3) is 11.1 Å². The third kappa shape index (κ3) is 4.74. The molecule has 0 aliphatic carbocycles. The molecular weight excluding hydrogens is 394 g/mol. The first kappa shape index (κ1) is 21.0. The smallest absolute Gasteiger partial charge is 0.293 e. The number of amides is 1. The molecule has 1 aromatic carbocycles. The number of hydrogen-bond donors (Lipinski definition) is 1. The topological polar surface area (TPSA) is 93.4 Å². The molecule has 2 aromatic heterocycles. The van der Waals surface area contributed by atoms with Gasteiger partial charge in [0.15, 0.2) is 6.39 Å². The highest BCUT2D eigenvalue weighted by Crippen LogP contribution is 2.35. The van der Waals surface area contributed by atoms with Crippen molar-refractivity contribution < 1.29 is 13.9 Å². The second kappa shape index (κ2) is 9.26. The van der Waals surface area contributed by atoms with E-state index in [1.807, 2.05) is 32.0 Å². The predicted molar refractivity (Wildman–Crippen MR) is 117 cm³/mol. The Kier molecular flexibility index (Phi) is 6.27. The van der Waals surface area contributed by atoms with Gasteiger partial charge in [0.2, 0.25) is 5.76 Å². The third-order valence-corrected chi connectivity index (χ3v) is 5.55. The van der Waals surface area contributed by atoms with E-state index in [1.54, 1.807) is 13.3 Å². The maximum atomic E-state index is 12.6. The number of nitrogens with zero attached hydrogens (tertiary/aromatic N) is 4. The highest BCUT2D eigenvalue weighted by atomic mass is 16.5. The van der Waals surface area contributed by atoms with Gasteiger partial charge >= 0.3 is 0 Å². The Bertz CT molecular complexity index is 1050. The van der Waals surface area contributed by atoms with E-state index in [2.05, 4.69) is 25.2 Å². The van der Waals surface area contributed by atoms with Crippen LogP contribution in [0.15, 0.2) is 35.3 Å². The molecule has 0 unspecified atom stereocenters. The van der Waals surface area contributed by atoms with Gasteiger partial charge in [-0.25, -0.2) is 15.0 Å². The van der Waals surface area contributed by atoms with Gasteiger partial charge in [-0.15, -0.1) is 0 Å². The molecule has 1 aliphatic heterocycles. The standard InChI is InChI=1S/C23H27N5O3/c1-15-21(16(2)25-13-24-15)19-12-18(27-23(29)22-17(3)26-14-31-22)6-7-20(19)30-11-10-28-8-4-5-9-28/h6-7,12-14H,4-5,8-11H2,1-3H3,(H,27,29). The molecule has 3 heterocycles. The van der Waals surface area contributed by atoms with Crippen LogP contribution in [0.1, 0.15) is 40.5 Å². The number of nitrogens with one attached hydrogen (secondary N) is 1. The van der Waals surface area contributed by atoms with Crippen molar-refractivity contribution in [3.05, 3.63) is 53.8 Å². The number of oxazole rings is 1. The molecule has 8 heteroatoms. The molecular formula is C23H27N5O3. The molecule has 1 aliphatic rings. The summed E-state index contributed by atoms with van der Waals surface area (Å²) in [5.41, 5.74) is 4.64. The van der Waals surface area contributed by atoms with Crippen LogP contribution in [0.3, 0.4) is 0 Å². The normalized spacial score (nSPS) is 14.0. The van der Waals surface area contributed by atoms with Gasteiger partial charge in [0, 0.05) is 34.7 Å². The number of anilines is 1. The average Bonchev–Trinajstić information content (AvgIpc) is 3.41. The van der Waals surface area contributed by atoms with Crippen molar-refractivity contribution in [1.29, 1.82) is 0 Å². The second-order valence-electron chi connectivity index (χ2n) is 7.75. The quantitative estimate of drug-likeness (QED) is 0.620. The highest BCUT2D eigenvalue weighted by molar-refractivity contribution is 6.03. The van der Waals surface area contributed by atoms with Crippen molar-refractivity contribution in [2.24, 2.45) is 0 Å². The zero-order valence-corrected chi connectivity index (χ0v) is 18.1. The van der Waals surface area contributed by atoms with E-state index in [0.29, 0.717) is 18.0 Å². The van der Waals surface area contributed by atoms with Gasteiger partial charge in [-0.1, -0.05) is 0 Å². The molecule has 0 spiro atoms. The van der Waals surface area contributed by atoms with Crippen molar-refractivity contribution >= 4 is 11.6 Å². The molecule has 3 aromatic rings. The fraction of sp³-hybridized carbons (Fsp3) is 0.391. The summed E-state index contributed by atoms with van der Waals surface area (Å²) in [7, 11) is 0. The predicted octanol–water partition coefficient (Wildman–Crippen LogP) is 3.78. The van der Waals surface area contributed by atoms with Crippen molar-refractivity contribution in [3.63, 3.8) is 0 Å². The number of carbonyl (C=O) groups excluding carboxylic acids is 1. The van der Waals surface area contributed by atoms with Crippen molar-refractivity contribution in [2.45, 2.75) is 33.6 Å². The lowest BCUT2D eigenvalue weighted by atomic mass is 10.0. The fourth-order valence-electron chi connectivity index (χ4n) is 3.91. The van der Waals surface area contributed by atoms with Crippen LogP contribution >= 0.6 is 0 Å². The summed E-state index contributed by atoms with van der Waals surface area (Å²) in [4.78, 5) is 27.7. The molecule has 31 heavy (non-hydrogen) atoms. The molecule has 0 atom stereocenters. The summed E-state index contributed by atoms with van der Waals surface area (Å²) in [6.07, 6.45) is 5.33. The summed E-state index contributed by atoms with van der Waals surface area (Å²) in [6, 6.07) is 5.61. The van der Waals surface area contributed by atoms with E-state index in [-0.39, 0.29) is 11.7 Å². The highest BCUT2D eigenvalue weighted by Gasteiger charge is 2.18. The van der Waals surface area contributed by atoms with Gasteiger partial charge in [-0.3, -0.25) is 9.69 Å². The van der Waals surface area contributed by atoms with E-state index in [0.717, 1.165) is 47.9 Å². The molecule has 4 rings (SSSR count). The summed E-state index contributed by atoms with van der Waals surface area (Å²) in [6.45, 7) is 9.38. The monoisotopic (exact) mass is 421 g/mol. The first-order chi connectivity index (χ1) is 15.0.